The number of carboxylic acid groups (broad SMARTS) is 1. The highest BCUT2D eigenvalue weighted by Crippen LogP contribution is 2.30. The summed E-state index contributed by atoms with van der Waals surface area (Å²) in [4.78, 5) is 24.2. The van der Waals surface area contributed by atoms with E-state index in [4.69, 9.17) is 17.3 Å². The smallest absolute Gasteiger partial charge is 0.323 e. The van der Waals surface area contributed by atoms with Gasteiger partial charge < -0.3 is 5.11 Å². The Kier molecular flexibility index (Phi) is 4.93. The van der Waals surface area contributed by atoms with Crippen LogP contribution in [0.25, 0.3) is 6.08 Å². The quantitative estimate of drug-likeness (QED) is 0.683. The van der Waals surface area contributed by atoms with Gasteiger partial charge in [-0.25, -0.2) is 0 Å². The Morgan fingerprint density at radius 3 is 2.81 bits per heavy atom. The number of hydrogen-bond donors (Lipinski definition) is 1. The Morgan fingerprint density at radius 2 is 2.14 bits per heavy atom. The summed E-state index contributed by atoms with van der Waals surface area (Å²) in [6.45, 7) is 1.61. The van der Waals surface area contributed by atoms with E-state index in [1.165, 1.54) is 0 Å². The van der Waals surface area contributed by atoms with Gasteiger partial charge >= 0.3 is 5.97 Å². The molecule has 1 saturated heterocycles. The van der Waals surface area contributed by atoms with Crippen molar-refractivity contribution in [2.75, 3.05) is 6.54 Å². The van der Waals surface area contributed by atoms with Crippen molar-refractivity contribution in [2.24, 2.45) is 0 Å². The van der Waals surface area contributed by atoms with Crippen LogP contribution in [0.4, 0.5) is 0 Å². The van der Waals surface area contributed by atoms with Gasteiger partial charge in [-0.15, -0.1) is 0 Å². The van der Waals surface area contributed by atoms with Crippen LogP contribution >= 0.6 is 24.0 Å². The number of benzene rings is 1. The molecule has 0 aliphatic carbocycles. The summed E-state index contributed by atoms with van der Waals surface area (Å²) in [5.74, 6) is -1.44. The highest BCUT2D eigenvalue weighted by atomic mass is 32.2. The minimum atomic E-state index is -1.08. The van der Waals surface area contributed by atoms with Gasteiger partial charge in [-0.05, 0) is 24.1 Å². The Balaban J connectivity index is 2.12. The van der Waals surface area contributed by atoms with Crippen LogP contribution in [0.15, 0.2) is 41.3 Å². The van der Waals surface area contributed by atoms with E-state index in [0.29, 0.717) is 4.91 Å². The van der Waals surface area contributed by atoms with Gasteiger partial charge in [0.05, 0.1) is 4.91 Å². The molecule has 1 heterocycles. The van der Waals surface area contributed by atoms with Gasteiger partial charge in [0.2, 0.25) is 0 Å². The number of nitrogens with zero attached hydrogens (tertiary/aromatic N) is 1. The first-order chi connectivity index (χ1) is 9.99. The van der Waals surface area contributed by atoms with E-state index in [9.17, 15) is 9.59 Å². The predicted octanol–water partition coefficient (Wildman–Crippen LogP) is 2.84. The molecule has 1 amide bonds. The summed E-state index contributed by atoms with van der Waals surface area (Å²) in [6, 6.07) is 7.89. The normalized spacial score (nSPS) is 17.2. The molecule has 6 heteroatoms. The lowest BCUT2D eigenvalue weighted by Gasteiger charge is -2.09. The molecular formula is C15H13NO3S2. The van der Waals surface area contributed by atoms with Crippen LogP contribution < -0.4 is 0 Å². The molecule has 0 radical (unpaired) electrons. The third-order valence-corrected chi connectivity index (χ3v) is 4.27. The van der Waals surface area contributed by atoms with Crippen molar-refractivity contribution in [1.29, 1.82) is 0 Å². The average molecular weight is 319 g/mol. The van der Waals surface area contributed by atoms with E-state index in [-0.39, 0.29) is 10.2 Å². The molecule has 21 heavy (non-hydrogen) atoms. The molecule has 1 N–H and O–H groups in total. The zero-order chi connectivity index (χ0) is 15.4. The van der Waals surface area contributed by atoms with Crippen LogP contribution in [0.2, 0.25) is 0 Å². The molecule has 0 saturated carbocycles. The summed E-state index contributed by atoms with van der Waals surface area (Å²) in [5, 5.41) is 8.75. The number of carboxylic acids is 1. The maximum absolute atomic E-state index is 12.0. The number of hydrogen-bond acceptors (Lipinski definition) is 4. The molecule has 1 aromatic carbocycles. The molecule has 0 unspecified atom stereocenters. The first-order valence-corrected chi connectivity index (χ1v) is 7.41. The molecule has 1 aliphatic rings. The van der Waals surface area contributed by atoms with E-state index in [1.54, 1.807) is 12.2 Å². The van der Waals surface area contributed by atoms with Crippen molar-refractivity contribution in [3.63, 3.8) is 0 Å². The zero-order valence-electron chi connectivity index (χ0n) is 11.3. The standard InChI is InChI=1S/C15H13NO3S2/c1-10-5-2-3-6-11(10)7-4-8-12-14(19)16(9-13(17)18)15(20)21-12/h2-8H,9H2,1H3,(H,17,18). The number of thioether (sulfide) groups is 1. The van der Waals surface area contributed by atoms with E-state index >= 15 is 0 Å². The molecule has 108 valence electrons. The van der Waals surface area contributed by atoms with E-state index < -0.39 is 12.5 Å². The largest absolute Gasteiger partial charge is 0.480 e. The average Bonchev–Trinajstić information content (AvgIpc) is 2.68. The Bertz CT molecular complexity index is 665. The van der Waals surface area contributed by atoms with Crippen LogP contribution in [-0.4, -0.2) is 32.7 Å². The summed E-state index contributed by atoms with van der Waals surface area (Å²) >= 11 is 6.13. The van der Waals surface area contributed by atoms with Crippen LogP contribution in [0.5, 0.6) is 0 Å². The van der Waals surface area contributed by atoms with Crippen molar-refractivity contribution in [3.05, 3.63) is 52.4 Å². The highest BCUT2D eigenvalue weighted by molar-refractivity contribution is 8.26. The molecule has 0 bridgehead atoms. The van der Waals surface area contributed by atoms with Crippen LogP contribution in [0.1, 0.15) is 11.1 Å². The molecule has 1 aromatic rings. The molecule has 2 rings (SSSR count). The van der Waals surface area contributed by atoms with Crippen LogP contribution in [-0.2, 0) is 9.59 Å². The number of aryl methyl sites for hydroxylation is 1. The van der Waals surface area contributed by atoms with Crippen molar-refractivity contribution < 1.29 is 14.7 Å². The zero-order valence-corrected chi connectivity index (χ0v) is 12.9. The monoisotopic (exact) mass is 319 g/mol. The second kappa shape index (κ2) is 6.69. The fraction of sp³-hybridized carbons (Fsp3) is 0.133. The summed E-state index contributed by atoms with van der Waals surface area (Å²) in [6.07, 6.45) is 5.34. The molecule has 4 nitrogen and oxygen atoms in total. The second-order valence-electron chi connectivity index (χ2n) is 4.40. The van der Waals surface area contributed by atoms with Crippen molar-refractivity contribution in [3.8, 4) is 0 Å². The SMILES string of the molecule is Cc1ccccc1C=CC=C1SC(=S)N(CC(=O)O)C1=O. The lowest BCUT2D eigenvalue weighted by atomic mass is 10.1. The Morgan fingerprint density at radius 1 is 1.43 bits per heavy atom. The molecule has 1 aliphatic heterocycles. The number of allylic oxidation sites excluding steroid dienone is 2. The maximum atomic E-state index is 12.0. The highest BCUT2D eigenvalue weighted by Gasteiger charge is 2.32. The van der Waals surface area contributed by atoms with Gasteiger partial charge in [0.15, 0.2) is 0 Å². The van der Waals surface area contributed by atoms with Gasteiger partial charge in [0, 0.05) is 0 Å². The fourth-order valence-electron chi connectivity index (χ4n) is 1.80. The van der Waals surface area contributed by atoms with E-state index in [0.717, 1.165) is 27.8 Å². The number of aliphatic carboxylic acids is 1. The topological polar surface area (TPSA) is 57.6 Å². The first kappa shape index (κ1) is 15.5. The number of rotatable bonds is 4. The number of carbonyl (C=O) groups excluding carboxylic acids is 1. The lowest BCUT2D eigenvalue weighted by molar-refractivity contribution is -0.140. The number of amides is 1. The van der Waals surface area contributed by atoms with Gasteiger partial charge in [-0.3, -0.25) is 14.5 Å². The van der Waals surface area contributed by atoms with Crippen molar-refractivity contribution >= 4 is 46.3 Å². The minimum absolute atomic E-state index is 0.276. The Hall–Kier alpha value is -1.92. The summed E-state index contributed by atoms with van der Waals surface area (Å²) in [7, 11) is 0. The van der Waals surface area contributed by atoms with Gasteiger partial charge in [-0.2, -0.15) is 0 Å². The predicted molar refractivity (Wildman–Crippen MR) is 87.8 cm³/mol. The molecular weight excluding hydrogens is 306 g/mol. The fourth-order valence-corrected chi connectivity index (χ4v) is 3.01. The molecule has 0 spiro atoms. The van der Waals surface area contributed by atoms with Crippen molar-refractivity contribution in [1.82, 2.24) is 4.90 Å². The Labute approximate surface area is 132 Å². The lowest BCUT2D eigenvalue weighted by Crippen LogP contribution is -2.33. The third kappa shape index (κ3) is 3.80. The molecule has 1 fully saturated rings. The number of thiocarbonyl (C=S) groups is 1. The summed E-state index contributed by atoms with van der Waals surface area (Å²) in [5.41, 5.74) is 2.20. The van der Waals surface area contributed by atoms with Gasteiger partial charge in [0.1, 0.15) is 10.9 Å². The molecule has 0 aromatic heterocycles. The molecule has 0 atom stereocenters. The van der Waals surface area contributed by atoms with Crippen molar-refractivity contribution in [2.45, 2.75) is 6.92 Å². The first-order valence-electron chi connectivity index (χ1n) is 6.18. The summed E-state index contributed by atoms with van der Waals surface area (Å²) < 4.78 is 0.276. The van der Waals surface area contributed by atoms with E-state index in [1.807, 2.05) is 37.3 Å². The number of carbonyl (C=O) groups is 2. The second-order valence-corrected chi connectivity index (χ2v) is 6.08. The van der Waals surface area contributed by atoms with E-state index in [2.05, 4.69) is 0 Å². The minimum Gasteiger partial charge on any atom is -0.480 e. The maximum Gasteiger partial charge on any atom is 0.323 e. The van der Waals surface area contributed by atoms with Gasteiger partial charge in [-0.1, -0.05) is 60.4 Å². The third-order valence-electron chi connectivity index (χ3n) is 2.88. The van der Waals surface area contributed by atoms with Crippen LogP contribution in [0.3, 0.4) is 0 Å². The van der Waals surface area contributed by atoms with Gasteiger partial charge in [0.25, 0.3) is 5.91 Å². The van der Waals surface area contributed by atoms with Crippen LogP contribution in [0, 0.1) is 6.92 Å².